The quantitative estimate of drug-likeness (QED) is 0.201. The monoisotopic (exact) mass is 560 g/mol. The zero-order chi connectivity index (χ0) is 29.2. The number of hydrogen-bond acceptors (Lipinski definition) is 2. The number of nitriles is 1. The fourth-order valence-corrected chi connectivity index (χ4v) is 6.76. The van der Waals surface area contributed by atoms with Gasteiger partial charge in [0.1, 0.15) is 5.82 Å². The zero-order valence-electron chi connectivity index (χ0n) is 23.6. The van der Waals surface area contributed by atoms with Gasteiger partial charge in [-0.1, -0.05) is 84.9 Å². The van der Waals surface area contributed by atoms with Crippen LogP contribution in [0.25, 0.3) is 77.5 Å². The summed E-state index contributed by atoms with van der Waals surface area (Å²) in [4.78, 5) is 5.04. The van der Waals surface area contributed by atoms with Gasteiger partial charge in [0.05, 0.1) is 33.7 Å². The molecule has 0 saturated carbocycles. The largest absolute Gasteiger partial charge is 0.309 e. The average molecular weight is 561 g/mol. The highest BCUT2D eigenvalue weighted by atomic mass is 15.1. The molecule has 0 aliphatic rings. The number of hydrogen-bond donors (Lipinski definition) is 0. The second-order valence-electron chi connectivity index (χ2n) is 11.2. The van der Waals surface area contributed by atoms with Gasteiger partial charge in [-0.2, -0.15) is 5.26 Å². The third-order valence-corrected chi connectivity index (χ3v) is 8.74. The molecule has 0 aliphatic carbocycles. The van der Waals surface area contributed by atoms with Gasteiger partial charge in [-0.3, -0.25) is 4.57 Å². The minimum atomic E-state index is 0.637. The van der Waals surface area contributed by atoms with Crippen molar-refractivity contribution in [1.29, 1.82) is 5.26 Å². The Morgan fingerprint density at radius 3 is 2.02 bits per heavy atom. The fraction of sp³-hybridized carbons (Fsp3) is 0. The summed E-state index contributed by atoms with van der Waals surface area (Å²) in [5.41, 5.74) is 10.6. The van der Waals surface area contributed by atoms with E-state index in [0.717, 1.165) is 33.7 Å². The maximum absolute atomic E-state index is 9.31. The van der Waals surface area contributed by atoms with Crippen LogP contribution in [0.5, 0.6) is 0 Å². The molecule has 4 heteroatoms. The van der Waals surface area contributed by atoms with E-state index in [-0.39, 0.29) is 0 Å². The van der Waals surface area contributed by atoms with Gasteiger partial charge < -0.3 is 4.57 Å². The van der Waals surface area contributed by atoms with Gasteiger partial charge in [-0.15, -0.1) is 0 Å². The summed E-state index contributed by atoms with van der Waals surface area (Å²) in [5.74, 6) is 0.870. The van der Waals surface area contributed by atoms with Crippen LogP contribution >= 0.6 is 0 Å². The molecule has 44 heavy (non-hydrogen) atoms. The van der Waals surface area contributed by atoms with E-state index in [9.17, 15) is 5.26 Å². The van der Waals surface area contributed by atoms with E-state index in [2.05, 4.69) is 118 Å². The first-order valence-electron chi connectivity index (χ1n) is 14.7. The molecule has 0 radical (unpaired) electrons. The van der Waals surface area contributed by atoms with Gasteiger partial charge in [-0.05, 0) is 82.6 Å². The summed E-state index contributed by atoms with van der Waals surface area (Å²) < 4.78 is 4.55. The number of para-hydroxylation sites is 3. The van der Waals surface area contributed by atoms with E-state index in [4.69, 9.17) is 4.98 Å². The van der Waals surface area contributed by atoms with Gasteiger partial charge in [0.15, 0.2) is 0 Å². The van der Waals surface area contributed by atoms with Gasteiger partial charge in [-0.25, -0.2) is 4.98 Å². The van der Waals surface area contributed by atoms with Crippen LogP contribution in [0.1, 0.15) is 5.56 Å². The molecule has 0 unspecified atom stereocenters. The molecular formula is C40H24N4. The Labute approximate surface area is 253 Å². The lowest BCUT2D eigenvalue weighted by atomic mass is 9.94. The van der Waals surface area contributed by atoms with E-state index < -0.39 is 0 Å². The minimum absolute atomic E-state index is 0.637. The van der Waals surface area contributed by atoms with Crippen LogP contribution in [0.3, 0.4) is 0 Å². The lowest BCUT2D eigenvalue weighted by molar-refractivity contribution is 1.10. The molecule has 9 aromatic rings. The highest BCUT2D eigenvalue weighted by Crippen LogP contribution is 2.42. The summed E-state index contributed by atoms with van der Waals surface area (Å²) in [5, 5.41) is 14.4. The van der Waals surface area contributed by atoms with Crippen molar-refractivity contribution in [1.82, 2.24) is 14.1 Å². The second-order valence-corrected chi connectivity index (χ2v) is 11.2. The van der Waals surface area contributed by atoms with Crippen molar-refractivity contribution < 1.29 is 0 Å². The van der Waals surface area contributed by atoms with E-state index in [1.165, 1.54) is 43.8 Å². The van der Waals surface area contributed by atoms with E-state index in [0.29, 0.717) is 5.56 Å². The minimum Gasteiger partial charge on any atom is -0.309 e. The first-order valence-corrected chi connectivity index (χ1v) is 14.7. The smallest absolute Gasteiger partial charge is 0.145 e. The van der Waals surface area contributed by atoms with Crippen LogP contribution in [0.15, 0.2) is 146 Å². The first-order chi connectivity index (χ1) is 21.8. The number of imidazole rings is 1. The van der Waals surface area contributed by atoms with Crippen molar-refractivity contribution in [3.8, 4) is 40.0 Å². The lowest BCUT2D eigenvalue weighted by Crippen LogP contribution is -1.97. The van der Waals surface area contributed by atoms with Crippen LogP contribution in [0.2, 0.25) is 0 Å². The van der Waals surface area contributed by atoms with Gasteiger partial charge in [0.25, 0.3) is 0 Å². The summed E-state index contributed by atoms with van der Waals surface area (Å²) in [7, 11) is 0. The Morgan fingerprint density at radius 2 is 1.20 bits per heavy atom. The molecule has 9 rings (SSSR count). The number of aromatic nitrogens is 3. The topological polar surface area (TPSA) is 46.5 Å². The van der Waals surface area contributed by atoms with E-state index in [1.807, 2.05) is 42.5 Å². The van der Waals surface area contributed by atoms with Crippen molar-refractivity contribution in [3.05, 3.63) is 151 Å². The third kappa shape index (κ3) is 3.54. The van der Waals surface area contributed by atoms with Crippen LogP contribution in [-0.4, -0.2) is 14.1 Å². The molecule has 0 saturated heterocycles. The molecule has 2 heterocycles. The summed E-state index contributed by atoms with van der Waals surface area (Å²) in [6.07, 6.45) is 0. The molecule has 0 aliphatic heterocycles. The maximum atomic E-state index is 9.31. The summed E-state index contributed by atoms with van der Waals surface area (Å²) >= 11 is 0. The fourth-order valence-electron chi connectivity index (χ4n) is 6.76. The highest BCUT2D eigenvalue weighted by molar-refractivity contribution is 6.26. The Hall–Kier alpha value is -6.18. The standard InChI is InChI=1S/C40H24N4/c41-25-26-13-20-31(21-14-26)44-35-11-5-4-10-34(35)42-40(44)29-17-15-27(16-18-29)32-23-24-37-39-33(32)22-19-28-7-6-12-36(38(28)39)43(37)30-8-2-1-3-9-30/h1-24H. The van der Waals surface area contributed by atoms with Crippen LogP contribution < -0.4 is 0 Å². The predicted molar refractivity (Wildman–Crippen MR) is 180 cm³/mol. The third-order valence-electron chi connectivity index (χ3n) is 8.74. The molecule has 0 atom stereocenters. The van der Waals surface area contributed by atoms with Crippen molar-refractivity contribution in [3.63, 3.8) is 0 Å². The second kappa shape index (κ2) is 9.42. The molecule has 0 fully saturated rings. The van der Waals surface area contributed by atoms with E-state index >= 15 is 0 Å². The van der Waals surface area contributed by atoms with Crippen LogP contribution in [0, 0.1) is 11.3 Å². The number of nitrogens with zero attached hydrogens (tertiary/aromatic N) is 4. The Bertz CT molecular complexity index is 2530. The summed E-state index contributed by atoms with van der Waals surface area (Å²) in [6, 6.07) is 53.0. The Kier molecular flexibility index (Phi) is 5.23. The molecular weight excluding hydrogens is 536 g/mol. The SMILES string of the molecule is N#Cc1ccc(-n2c(-c3ccc(-c4ccc5c6c4ccc4cccc(c46)n5-c4ccccc4)cc3)nc3ccccc32)cc1. The van der Waals surface area contributed by atoms with Crippen LogP contribution in [0.4, 0.5) is 0 Å². The van der Waals surface area contributed by atoms with Crippen molar-refractivity contribution >= 4 is 43.6 Å². The molecule has 0 bridgehead atoms. The number of rotatable bonds is 4. The summed E-state index contributed by atoms with van der Waals surface area (Å²) in [6.45, 7) is 0. The number of benzene rings is 7. The molecule has 7 aromatic carbocycles. The Balaban J connectivity index is 1.21. The molecule has 0 spiro atoms. The molecule has 4 nitrogen and oxygen atoms in total. The lowest BCUT2D eigenvalue weighted by Gasteiger charge is -2.12. The normalized spacial score (nSPS) is 11.6. The first kappa shape index (κ1) is 24.4. The molecule has 0 N–H and O–H groups in total. The molecule has 2 aromatic heterocycles. The van der Waals surface area contributed by atoms with E-state index in [1.54, 1.807) is 0 Å². The highest BCUT2D eigenvalue weighted by Gasteiger charge is 2.19. The molecule has 204 valence electrons. The molecule has 0 amide bonds. The predicted octanol–water partition coefficient (Wildman–Crippen LogP) is 9.92. The van der Waals surface area contributed by atoms with Crippen molar-refractivity contribution in [2.75, 3.05) is 0 Å². The average Bonchev–Trinajstić information content (AvgIpc) is 3.65. The maximum Gasteiger partial charge on any atom is 0.145 e. The zero-order valence-corrected chi connectivity index (χ0v) is 23.6. The van der Waals surface area contributed by atoms with Crippen molar-refractivity contribution in [2.45, 2.75) is 0 Å². The van der Waals surface area contributed by atoms with Gasteiger partial charge >= 0.3 is 0 Å². The number of fused-ring (bicyclic) bond motifs is 1. The van der Waals surface area contributed by atoms with Crippen LogP contribution in [-0.2, 0) is 0 Å². The van der Waals surface area contributed by atoms with Gasteiger partial charge in [0, 0.05) is 27.7 Å². The van der Waals surface area contributed by atoms with Gasteiger partial charge in [0.2, 0.25) is 0 Å². The Morgan fingerprint density at radius 1 is 0.500 bits per heavy atom. The van der Waals surface area contributed by atoms with Crippen molar-refractivity contribution in [2.24, 2.45) is 0 Å².